The van der Waals surface area contributed by atoms with Crippen LogP contribution in [0, 0.1) is 11.7 Å². The van der Waals surface area contributed by atoms with Crippen LogP contribution in [0.4, 0.5) is 36.4 Å². The number of hydrogen-bond acceptors (Lipinski definition) is 4. The molecule has 0 unspecified atom stereocenters. The molecule has 0 N–H and O–H groups in total. The van der Waals surface area contributed by atoms with Gasteiger partial charge in [-0.05, 0) is 60.9 Å². The summed E-state index contributed by atoms with van der Waals surface area (Å²) in [5, 5.41) is 0. The number of esters is 1. The molecule has 41 heavy (non-hydrogen) atoms. The van der Waals surface area contributed by atoms with Gasteiger partial charge in [-0.3, -0.25) is 9.10 Å². The molecule has 0 radical (unpaired) electrons. The van der Waals surface area contributed by atoms with Crippen molar-refractivity contribution in [3.8, 4) is 0 Å². The van der Waals surface area contributed by atoms with E-state index in [1.807, 2.05) is 0 Å². The van der Waals surface area contributed by atoms with Gasteiger partial charge in [-0.25, -0.2) is 12.8 Å². The molecule has 1 aliphatic heterocycles. The van der Waals surface area contributed by atoms with E-state index < -0.39 is 67.7 Å². The average molecular weight is 602 g/mol. The minimum atomic E-state index is -4.84. The minimum Gasteiger partial charge on any atom is -0.469 e. The first-order chi connectivity index (χ1) is 19.1. The predicted octanol–water partition coefficient (Wildman–Crippen LogP) is 6.96. The second kappa shape index (κ2) is 10.8. The standard InChI is InChI=1S/C28H22F7NO4S/c1-16-22(26(37)40-2)14-18-11-9-17(10-12-21-23(28(33,34)35)7-4-8-24(21)29)13-25(18)36(16)41(38,39)20-6-3-5-19(15-20)27(30,31)32/h3-13,15-16,22H,14H2,1-2H3/t16-,22-/m1/s1. The highest BCUT2D eigenvalue weighted by molar-refractivity contribution is 7.92. The molecule has 3 aromatic rings. The number of methoxy groups -OCH3 is 1. The van der Waals surface area contributed by atoms with Crippen molar-refractivity contribution < 1.29 is 48.7 Å². The first kappa shape index (κ1) is 30.1. The third-order valence-corrected chi connectivity index (χ3v) is 8.66. The van der Waals surface area contributed by atoms with Crippen LogP contribution in [-0.2, 0) is 38.3 Å². The Labute approximate surface area is 230 Å². The van der Waals surface area contributed by atoms with Crippen molar-refractivity contribution in [2.75, 3.05) is 11.4 Å². The lowest BCUT2D eigenvalue weighted by molar-refractivity contribution is -0.146. The smallest absolute Gasteiger partial charge is 0.417 e. The summed E-state index contributed by atoms with van der Waals surface area (Å²) in [6.45, 7) is 1.40. The van der Waals surface area contributed by atoms with E-state index in [2.05, 4.69) is 0 Å². The van der Waals surface area contributed by atoms with Crippen molar-refractivity contribution in [2.24, 2.45) is 5.92 Å². The highest BCUT2D eigenvalue weighted by Crippen LogP contribution is 2.41. The van der Waals surface area contributed by atoms with E-state index in [0.717, 1.165) is 47.8 Å². The topological polar surface area (TPSA) is 63.7 Å². The van der Waals surface area contributed by atoms with Crippen molar-refractivity contribution in [1.82, 2.24) is 0 Å². The molecule has 4 rings (SSSR count). The fourth-order valence-electron chi connectivity index (χ4n) is 4.71. The van der Waals surface area contributed by atoms with Gasteiger partial charge >= 0.3 is 18.3 Å². The molecule has 3 aromatic carbocycles. The quantitative estimate of drug-likeness (QED) is 0.180. The van der Waals surface area contributed by atoms with Crippen LogP contribution in [0.15, 0.2) is 65.6 Å². The summed E-state index contributed by atoms with van der Waals surface area (Å²) in [6.07, 6.45) is -7.60. The number of ether oxygens (including phenoxy) is 1. The van der Waals surface area contributed by atoms with Gasteiger partial charge in [0.05, 0.1) is 40.8 Å². The van der Waals surface area contributed by atoms with Crippen LogP contribution in [0.2, 0.25) is 0 Å². The summed E-state index contributed by atoms with van der Waals surface area (Å²) in [5.41, 5.74) is -2.64. The second-order valence-electron chi connectivity index (χ2n) is 9.32. The van der Waals surface area contributed by atoms with Crippen molar-refractivity contribution in [3.05, 3.63) is 94.3 Å². The normalized spacial score (nSPS) is 17.9. The van der Waals surface area contributed by atoms with Crippen LogP contribution >= 0.6 is 0 Å². The lowest BCUT2D eigenvalue weighted by Gasteiger charge is -2.40. The number of sulfonamides is 1. The Morgan fingerprint density at radius 3 is 2.27 bits per heavy atom. The number of alkyl halides is 6. The zero-order valence-corrected chi connectivity index (χ0v) is 22.2. The Kier molecular flexibility index (Phi) is 7.96. The van der Waals surface area contributed by atoms with Gasteiger partial charge in [-0.1, -0.05) is 36.4 Å². The van der Waals surface area contributed by atoms with Gasteiger partial charge in [-0.2, -0.15) is 26.3 Å². The molecule has 0 bridgehead atoms. The van der Waals surface area contributed by atoms with Crippen LogP contribution in [0.5, 0.6) is 0 Å². The number of rotatable bonds is 5. The number of anilines is 1. The van der Waals surface area contributed by atoms with Gasteiger partial charge in [0.1, 0.15) is 5.82 Å². The third kappa shape index (κ3) is 5.95. The van der Waals surface area contributed by atoms with E-state index in [1.165, 1.54) is 25.1 Å². The maximum Gasteiger partial charge on any atom is 0.417 e. The van der Waals surface area contributed by atoms with Gasteiger partial charge < -0.3 is 4.74 Å². The molecule has 1 heterocycles. The van der Waals surface area contributed by atoms with E-state index in [9.17, 15) is 43.9 Å². The summed E-state index contributed by atoms with van der Waals surface area (Å²) in [5.74, 6) is -2.88. The summed E-state index contributed by atoms with van der Waals surface area (Å²) < 4.78 is 128. The Morgan fingerprint density at radius 1 is 0.951 bits per heavy atom. The molecule has 13 heteroatoms. The van der Waals surface area contributed by atoms with Gasteiger partial charge in [-0.15, -0.1) is 0 Å². The maximum atomic E-state index is 14.3. The Morgan fingerprint density at radius 2 is 1.63 bits per heavy atom. The van der Waals surface area contributed by atoms with Crippen LogP contribution < -0.4 is 4.31 Å². The van der Waals surface area contributed by atoms with Gasteiger partial charge in [0.15, 0.2) is 0 Å². The summed E-state index contributed by atoms with van der Waals surface area (Å²) in [4.78, 5) is 11.8. The number of fused-ring (bicyclic) bond motifs is 1. The largest absolute Gasteiger partial charge is 0.469 e. The van der Waals surface area contributed by atoms with Crippen molar-refractivity contribution >= 4 is 33.8 Å². The minimum absolute atomic E-state index is 0.00166. The fraction of sp³-hybridized carbons (Fsp3) is 0.250. The van der Waals surface area contributed by atoms with Crippen molar-refractivity contribution in [3.63, 3.8) is 0 Å². The Hall–Kier alpha value is -3.87. The molecule has 0 aromatic heterocycles. The lowest BCUT2D eigenvalue weighted by Crippen LogP contribution is -2.49. The van der Waals surface area contributed by atoms with E-state index >= 15 is 0 Å². The van der Waals surface area contributed by atoms with Crippen molar-refractivity contribution in [2.45, 2.75) is 36.6 Å². The zero-order valence-electron chi connectivity index (χ0n) is 21.4. The molecule has 2 atom stereocenters. The van der Waals surface area contributed by atoms with Crippen LogP contribution in [0.25, 0.3) is 12.2 Å². The summed E-state index contributed by atoms with van der Waals surface area (Å²) in [7, 11) is -3.59. The number of carbonyl (C=O) groups excluding carboxylic acids is 1. The number of carbonyl (C=O) groups is 1. The number of benzene rings is 3. The van der Waals surface area contributed by atoms with E-state index in [4.69, 9.17) is 4.74 Å². The molecule has 5 nitrogen and oxygen atoms in total. The Bertz CT molecular complexity index is 1610. The predicted molar refractivity (Wildman–Crippen MR) is 137 cm³/mol. The SMILES string of the molecule is COC(=O)[C@@H]1Cc2ccc(C=Cc3c(F)cccc3C(F)(F)F)cc2N(S(=O)(=O)c2cccc(C(F)(F)F)c2)[C@@H]1C. The van der Waals surface area contributed by atoms with Crippen LogP contribution in [-0.4, -0.2) is 27.5 Å². The molecule has 0 amide bonds. The monoisotopic (exact) mass is 601 g/mol. The molecule has 0 fully saturated rings. The van der Waals surface area contributed by atoms with Crippen LogP contribution in [0.3, 0.4) is 0 Å². The average Bonchev–Trinajstić information content (AvgIpc) is 2.90. The van der Waals surface area contributed by atoms with Crippen molar-refractivity contribution in [1.29, 1.82) is 0 Å². The van der Waals surface area contributed by atoms with Gasteiger partial charge in [0.2, 0.25) is 0 Å². The zero-order chi connectivity index (χ0) is 30.3. The molecule has 218 valence electrons. The molecule has 0 spiro atoms. The highest BCUT2D eigenvalue weighted by atomic mass is 32.2. The molecule has 0 aliphatic carbocycles. The summed E-state index contributed by atoms with van der Waals surface area (Å²) in [6, 6.07) is 8.67. The molecule has 0 saturated heterocycles. The Balaban J connectivity index is 1.85. The number of hydrogen-bond donors (Lipinski definition) is 0. The van der Waals surface area contributed by atoms with E-state index in [-0.39, 0.29) is 17.7 Å². The lowest BCUT2D eigenvalue weighted by atomic mass is 9.87. The van der Waals surface area contributed by atoms with Gasteiger partial charge in [0.25, 0.3) is 10.0 Å². The van der Waals surface area contributed by atoms with Gasteiger partial charge in [0, 0.05) is 5.56 Å². The van der Waals surface area contributed by atoms with Crippen LogP contribution in [0.1, 0.15) is 34.7 Å². The third-order valence-electron chi connectivity index (χ3n) is 6.76. The second-order valence-corrected chi connectivity index (χ2v) is 11.1. The molecule has 1 aliphatic rings. The maximum absolute atomic E-state index is 14.3. The van der Waals surface area contributed by atoms with E-state index in [0.29, 0.717) is 23.8 Å². The first-order valence-corrected chi connectivity index (χ1v) is 13.5. The highest BCUT2D eigenvalue weighted by Gasteiger charge is 2.43. The van der Waals surface area contributed by atoms with E-state index in [1.54, 1.807) is 0 Å². The number of halogens is 7. The molecular weight excluding hydrogens is 579 g/mol. The number of nitrogens with zero attached hydrogens (tertiary/aromatic N) is 1. The first-order valence-electron chi connectivity index (χ1n) is 12.0. The molecular formula is C28H22F7NO4S. The summed E-state index contributed by atoms with van der Waals surface area (Å²) >= 11 is 0. The molecule has 0 saturated carbocycles. The fourth-order valence-corrected chi connectivity index (χ4v) is 6.48.